The first-order chi connectivity index (χ1) is 5.84. The summed E-state index contributed by atoms with van der Waals surface area (Å²) in [6, 6.07) is 0. The van der Waals surface area contributed by atoms with E-state index < -0.39 is 0 Å². The number of anilines is 1. The third kappa shape index (κ3) is 2.47. The fourth-order valence-electron chi connectivity index (χ4n) is 0.889. The molecule has 0 aromatic carbocycles. The highest BCUT2D eigenvalue weighted by Gasteiger charge is 1.95. The van der Waals surface area contributed by atoms with Gasteiger partial charge < -0.3 is 11.1 Å². The third-order valence-electron chi connectivity index (χ3n) is 1.61. The molecule has 4 heteroatoms. The van der Waals surface area contributed by atoms with Crippen molar-refractivity contribution >= 4 is 5.69 Å². The van der Waals surface area contributed by atoms with Crippen molar-refractivity contribution in [2.24, 2.45) is 5.73 Å². The Morgan fingerprint density at radius 2 is 2.42 bits per heavy atom. The van der Waals surface area contributed by atoms with Gasteiger partial charge in [0.25, 0.3) is 0 Å². The number of hydrogen-bond acceptors (Lipinski definition) is 4. The minimum atomic E-state index is 0.708. The summed E-state index contributed by atoms with van der Waals surface area (Å²) in [5.74, 6) is 0. The van der Waals surface area contributed by atoms with Crippen LogP contribution in [0.4, 0.5) is 5.69 Å². The Labute approximate surface area is 72.2 Å². The Kier molecular flexibility index (Phi) is 3.47. The number of nitrogens with zero attached hydrogens (tertiary/aromatic N) is 2. The molecule has 0 aliphatic rings. The molecule has 0 saturated carbocycles. The average Bonchev–Trinajstić information content (AvgIpc) is 2.09. The third-order valence-corrected chi connectivity index (χ3v) is 1.61. The minimum absolute atomic E-state index is 0.708. The van der Waals surface area contributed by atoms with Crippen LogP contribution in [-0.2, 0) is 0 Å². The van der Waals surface area contributed by atoms with Gasteiger partial charge in [0.1, 0.15) is 6.33 Å². The van der Waals surface area contributed by atoms with E-state index in [2.05, 4.69) is 15.3 Å². The summed E-state index contributed by atoms with van der Waals surface area (Å²) in [4.78, 5) is 7.97. The van der Waals surface area contributed by atoms with Crippen LogP contribution in [0.3, 0.4) is 0 Å². The Hall–Kier alpha value is -1.16. The van der Waals surface area contributed by atoms with Crippen LogP contribution in [0.25, 0.3) is 0 Å². The summed E-state index contributed by atoms with van der Waals surface area (Å²) in [5.41, 5.74) is 7.33. The lowest BCUT2D eigenvalue weighted by Gasteiger charge is -2.05. The second-order valence-corrected chi connectivity index (χ2v) is 2.59. The van der Waals surface area contributed by atoms with Gasteiger partial charge in [-0.1, -0.05) is 0 Å². The Balaban J connectivity index is 2.46. The zero-order valence-corrected chi connectivity index (χ0v) is 7.25. The first-order valence-corrected chi connectivity index (χ1v) is 4.05. The van der Waals surface area contributed by atoms with Gasteiger partial charge >= 0.3 is 0 Å². The maximum absolute atomic E-state index is 5.36. The van der Waals surface area contributed by atoms with Crippen LogP contribution in [0, 0.1) is 6.92 Å². The molecule has 0 fully saturated rings. The van der Waals surface area contributed by atoms with Gasteiger partial charge in [0.15, 0.2) is 0 Å². The lowest BCUT2D eigenvalue weighted by Crippen LogP contribution is -2.09. The monoisotopic (exact) mass is 166 g/mol. The van der Waals surface area contributed by atoms with E-state index in [4.69, 9.17) is 5.73 Å². The molecule has 0 bridgehead atoms. The average molecular weight is 166 g/mol. The van der Waals surface area contributed by atoms with Gasteiger partial charge in [-0.3, -0.25) is 0 Å². The predicted molar refractivity (Wildman–Crippen MR) is 48.9 cm³/mol. The zero-order valence-electron chi connectivity index (χ0n) is 7.25. The van der Waals surface area contributed by atoms with Crippen molar-refractivity contribution in [3.63, 3.8) is 0 Å². The molecular weight excluding hydrogens is 152 g/mol. The van der Waals surface area contributed by atoms with Gasteiger partial charge in [-0.2, -0.15) is 0 Å². The standard InChI is InChI=1S/C8H14N4/c1-7-8(5-10-6-12-7)11-4-2-3-9/h5-6,11H,2-4,9H2,1H3. The largest absolute Gasteiger partial charge is 0.382 e. The van der Waals surface area contributed by atoms with Crippen LogP contribution in [0.15, 0.2) is 12.5 Å². The quantitative estimate of drug-likeness (QED) is 0.641. The van der Waals surface area contributed by atoms with E-state index in [9.17, 15) is 0 Å². The molecule has 0 aliphatic heterocycles. The molecule has 0 saturated heterocycles. The zero-order chi connectivity index (χ0) is 8.81. The number of rotatable bonds is 4. The first-order valence-electron chi connectivity index (χ1n) is 4.05. The molecule has 0 unspecified atom stereocenters. The Morgan fingerprint density at radius 3 is 3.08 bits per heavy atom. The van der Waals surface area contributed by atoms with Crippen molar-refractivity contribution in [3.8, 4) is 0 Å². The fraction of sp³-hybridized carbons (Fsp3) is 0.500. The van der Waals surface area contributed by atoms with Gasteiger partial charge in [0, 0.05) is 6.54 Å². The SMILES string of the molecule is Cc1ncncc1NCCCN. The lowest BCUT2D eigenvalue weighted by molar-refractivity contribution is 0.870. The van der Waals surface area contributed by atoms with Crippen LogP contribution in [0.5, 0.6) is 0 Å². The molecular formula is C8H14N4. The molecule has 66 valence electrons. The summed E-state index contributed by atoms with van der Waals surface area (Å²) >= 11 is 0. The summed E-state index contributed by atoms with van der Waals surface area (Å²) < 4.78 is 0. The van der Waals surface area contributed by atoms with Gasteiger partial charge in [0.05, 0.1) is 17.6 Å². The minimum Gasteiger partial charge on any atom is -0.382 e. The van der Waals surface area contributed by atoms with E-state index in [1.807, 2.05) is 6.92 Å². The van der Waals surface area contributed by atoms with Crippen LogP contribution in [0.2, 0.25) is 0 Å². The number of aryl methyl sites for hydroxylation is 1. The summed E-state index contributed by atoms with van der Waals surface area (Å²) in [6.45, 7) is 3.54. The molecule has 0 amide bonds. The van der Waals surface area contributed by atoms with Crippen molar-refractivity contribution in [1.29, 1.82) is 0 Å². The molecule has 0 atom stereocenters. The van der Waals surface area contributed by atoms with E-state index in [-0.39, 0.29) is 0 Å². The molecule has 1 heterocycles. The first kappa shape index (κ1) is 8.93. The highest BCUT2D eigenvalue weighted by molar-refractivity contribution is 5.44. The maximum Gasteiger partial charge on any atom is 0.115 e. The van der Waals surface area contributed by atoms with E-state index in [1.165, 1.54) is 0 Å². The number of hydrogen-bond donors (Lipinski definition) is 2. The van der Waals surface area contributed by atoms with E-state index in [0.717, 1.165) is 24.3 Å². The van der Waals surface area contributed by atoms with Gasteiger partial charge in [0.2, 0.25) is 0 Å². The van der Waals surface area contributed by atoms with Crippen molar-refractivity contribution < 1.29 is 0 Å². The molecule has 3 N–H and O–H groups in total. The van der Waals surface area contributed by atoms with Crippen molar-refractivity contribution in [2.75, 3.05) is 18.4 Å². The molecule has 0 aliphatic carbocycles. The molecule has 1 aromatic rings. The molecule has 0 radical (unpaired) electrons. The second-order valence-electron chi connectivity index (χ2n) is 2.59. The van der Waals surface area contributed by atoms with Crippen LogP contribution in [-0.4, -0.2) is 23.1 Å². The van der Waals surface area contributed by atoms with E-state index >= 15 is 0 Å². The summed E-state index contributed by atoms with van der Waals surface area (Å²) in [6.07, 6.45) is 4.29. The maximum atomic E-state index is 5.36. The molecule has 1 aromatic heterocycles. The summed E-state index contributed by atoms with van der Waals surface area (Å²) in [5, 5.41) is 3.21. The van der Waals surface area contributed by atoms with Crippen molar-refractivity contribution in [2.45, 2.75) is 13.3 Å². The topological polar surface area (TPSA) is 63.8 Å². The molecule has 1 rings (SSSR count). The van der Waals surface area contributed by atoms with Gasteiger partial charge in [-0.15, -0.1) is 0 Å². The second kappa shape index (κ2) is 4.66. The Bertz CT molecular complexity index is 236. The predicted octanol–water partition coefficient (Wildman–Crippen LogP) is 0.546. The normalized spacial score (nSPS) is 9.83. The number of nitrogens with one attached hydrogen (secondary N) is 1. The van der Waals surface area contributed by atoms with Gasteiger partial charge in [-0.05, 0) is 19.9 Å². The van der Waals surface area contributed by atoms with Crippen LogP contribution >= 0.6 is 0 Å². The van der Waals surface area contributed by atoms with Crippen molar-refractivity contribution in [1.82, 2.24) is 9.97 Å². The number of aromatic nitrogens is 2. The van der Waals surface area contributed by atoms with Gasteiger partial charge in [-0.25, -0.2) is 9.97 Å². The lowest BCUT2D eigenvalue weighted by atomic mass is 10.3. The fourth-order valence-corrected chi connectivity index (χ4v) is 0.889. The smallest absolute Gasteiger partial charge is 0.115 e. The highest BCUT2D eigenvalue weighted by Crippen LogP contribution is 2.07. The molecule has 4 nitrogen and oxygen atoms in total. The number of nitrogens with two attached hydrogens (primary N) is 1. The summed E-state index contributed by atoms with van der Waals surface area (Å²) in [7, 11) is 0. The van der Waals surface area contributed by atoms with Crippen molar-refractivity contribution in [3.05, 3.63) is 18.2 Å². The molecule has 12 heavy (non-hydrogen) atoms. The van der Waals surface area contributed by atoms with Crippen LogP contribution in [0.1, 0.15) is 12.1 Å². The molecule has 0 spiro atoms. The van der Waals surface area contributed by atoms with E-state index in [1.54, 1.807) is 12.5 Å². The van der Waals surface area contributed by atoms with E-state index in [0.29, 0.717) is 6.54 Å². The Morgan fingerprint density at radius 1 is 1.58 bits per heavy atom. The van der Waals surface area contributed by atoms with Crippen LogP contribution < -0.4 is 11.1 Å². The highest BCUT2D eigenvalue weighted by atomic mass is 14.9.